The summed E-state index contributed by atoms with van der Waals surface area (Å²) >= 11 is 0. The summed E-state index contributed by atoms with van der Waals surface area (Å²) in [5, 5.41) is 28.6. The molecule has 3 aliphatic rings. The lowest BCUT2D eigenvalue weighted by Crippen LogP contribution is -2.15. The van der Waals surface area contributed by atoms with Crippen molar-refractivity contribution in [3.8, 4) is 11.8 Å². The molecule has 3 aliphatic carbocycles. The lowest BCUT2D eigenvalue weighted by Gasteiger charge is -2.30. The van der Waals surface area contributed by atoms with Crippen molar-refractivity contribution in [1.82, 2.24) is 4.73 Å². The molecule has 4 rings (SSSR count). The van der Waals surface area contributed by atoms with Gasteiger partial charge in [-0.15, -0.1) is 4.73 Å². The van der Waals surface area contributed by atoms with Gasteiger partial charge in [0.2, 0.25) is 11.8 Å². The van der Waals surface area contributed by atoms with Gasteiger partial charge in [-0.3, -0.25) is 0 Å². The van der Waals surface area contributed by atoms with E-state index in [9.17, 15) is 15.4 Å². The van der Waals surface area contributed by atoms with E-state index in [4.69, 9.17) is 0 Å². The van der Waals surface area contributed by atoms with E-state index in [0.29, 0.717) is 15.9 Å². The lowest BCUT2D eigenvalue weighted by molar-refractivity contribution is 0.129. The molecule has 0 aliphatic heterocycles. The second-order valence-electron chi connectivity index (χ2n) is 3.96. The molecule has 74 valence electrons. The average Bonchev–Trinajstić information content (AvgIpc) is 2.47. The SMILES string of the molecule is Oc1c2c(c(O)n1O)C1C=CC2CC1. The summed E-state index contributed by atoms with van der Waals surface area (Å²) < 4.78 is 0.475. The van der Waals surface area contributed by atoms with Gasteiger partial charge >= 0.3 is 0 Å². The fourth-order valence-electron chi connectivity index (χ4n) is 2.60. The molecule has 2 unspecified atom stereocenters. The molecule has 0 saturated heterocycles. The van der Waals surface area contributed by atoms with Gasteiger partial charge in [-0.25, -0.2) is 0 Å². The normalized spacial score (nSPS) is 28.0. The van der Waals surface area contributed by atoms with Crippen molar-refractivity contribution in [2.75, 3.05) is 0 Å². The molecule has 1 aromatic heterocycles. The van der Waals surface area contributed by atoms with Crippen molar-refractivity contribution in [3.05, 3.63) is 23.3 Å². The van der Waals surface area contributed by atoms with Crippen LogP contribution in [0.4, 0.5) is 0 Å². The fourth-order valence-corrected chi connectivity index (χ4v) is 2.60. The third-order valence-electron chi connectivity index (χ3n) is 3.28. The number of aromatic hydroxyl groups is 2. The molecule has 2 atom stereocenters. The summed E-state index contributed by atoms with van der Waals surface area (Å²) in [5.74, 6) is -0.128. The van der Waals surface area contributed by atoms with E-state index in [1.54, 1.807) is 0 Å². The van der Waals surface area contributed by atoms with Crippen molar-refractivity contribution < 1.29 is 15.4 Å². The first-order valence-electron chi connectivity index (χ1n) is 4.74. The average molecular weight is 193 g/mol. The molecule has 0 spiro atoms. The van der Waals surface area contributed by atoms with Crippen LogP contribution in [0.5, 0.6) is 11.8 Å². The summed E-state index contributed by atoms with van der Waals surface area (Å²) in [5.41, 5.74) is 1.40. The number of aromatic nitrogens is 1. The number of hydrogen-bond acceptors (Lipinski definition) is 3. The third-order valence-corrected chi connectivity index (χ3v) is 3.28. The molecule has 0 saturated carbocycles. The maximum atomic E-state index is 9.61. The van der Waals surface area contributed by atoms with Gasteiger partial charge in [0.25, 0.3) is 0 Å². The van der Waals surface area contributed by atoms with Gasteiger partial charge in [0.1, 0.15) is 0 Å². The third kappa shape index (κ3) is 0.697. The number of allylic oxidation sites excluding steroid dienone is 2. The van der Waals surface area contributed by atoms with Gasteiger partial charge in [0, 0.05) is 23.0 Å². The Hall–Kier alpha value is -1.58. The Morgan fingerprint density at radius 2 is 1.43 bits per heavy atom. The smallest absolute Gasteiger partial charge is 0.233 e. The Morgan fingerprint density at radius 1 is 1.00 bits per heavy atom. The molecule has 3 N–H and O–H groups in total. The zero-order chi connectivity index (χ0) is 9.87. The molecule has 4 heteroatoms. The van der Waals surface area contributed by atoms with Crippen LogP contribution in [0.1, 0.15) is 35.8 Å². The number of hydrogen-bond donors (Lipinski definition) is 3. The Kier molecular flexibility index (Phi) is 1.26. The van der Waals surface area contributed by atoms with Crippen LogP contribution in [0.15, 0.2) is 12.2 Å². The van der Waals surface area contributed by atoms with E-state index in [-0.39, 0.29) is 23.6 Å². The van der Waals surface area contributed by atoms with Crippen LogP contribution in [0.3, 0.4) is 0 Å². The largest absolute Gasteiger partial charge is 0.492 e. The van der Waals surface area contributed by atoms with E-state index in [0.717, 1.165) is 12.8 Å². The van der Waals surface area contributed by atoms with Crippen LogP contribution in [-0.2, 0) is 0 Å². The second-order valence-corrected chi connectivity index (χ2v) is 3.96. The van der Waals surface area contributed by atoms with Crippen molar-refractivity contribution in [2.45, 2.75) is 24.7 Å². The summed E-state index contributed by atoms with van der Waals surface area (Å²) in [6.45, 7) is 0. The summed E-state index contributed by atoms with van der Waals surface area (Å²) in [4.78, 5) is 0. The highest BCUT2D eigenvalue weighted by Crippen LogP contribution is 2.52. The van der Waals surface area contributed by atoms with Gasteiger partial charge in [0.15, 0.2) is 0 Å². The van der Waals surface area contributed by atoms with Gasteiger partial charge in [-0.05, 0) is 12.8 Å². The summed E-state index contributed by atoms with van der Waals surface area (Å²) in [6.07, 6.45) is 6.03. The molecule has 14 heavy (non-hydrogen) atoms. The summed E-state index contributed by atoms with van der Waals surface area (Å²) in [6, 6.07) is 0. The minimum atomic E-state index is -0.212. The van der Waals surface area contributed by atoms with Crippen LogP contribution < -0.4 is 0 Å². The summed E-state index contributed by atoms with van der Waals surface area (Å²) in [7, 11) is 0. The first-order valence-corrected chi connectivity index (χ1v) is 4.74. The van der Waals surface area contributed by atoms with Crippen LogP contribution in [-0.4, -0.2) is 20.2 Å². The molecule has 0 radical (unpaired) electrons. The fraction of sp³-hybridized carbons (Fsp3) is 0.400. The molecule has 0 aromatic carbocycles. The Morgan fingerprint density at radius 3 is 1.79 bits per heavy atom. The highest BCUT2D eigenvalue weighted by molar-refractivity contribution is 5.55. The Balaban J connectivity index is 2.32. The van der Waals surface area contributed by atoms with Gasteiger partial charge in [0.05, 0.1) is 0 Å². The van der Waals surface area contributed by atoms with Crippen molar-refractivity contribution in [2.24, 2.45) is 0 Å². The number of nitrogens with zero attached hydrogens (tertiary/aromatic N) is 1. The van der Waals surface area contributed by atoms with E-state index < -0.39 is 0 Å². The monoisotopic (exact) mass is 193 g/mol. The first-order chi connectivity index (χ1) is 6.70. The van der Waals surface area contributed by atoms with E-state index in [1.165, 1.54) is 0 Å². The number of fused-ring (bicyclic) bond motifs is 1. The minimum absolute atomic E-state index is 0.147. The zero-order valence-electron chi connectivity index (χ0n) is 7.51. The maximum Gasteiger partial charge on any atom is 0.233 e. The standard InChI is InChI=1S/C10H11NO3/c12-9-7-5-1-2-6(4-3-5)8(7)10(13)11(9)14/h1-2,5-6,12-14H,3-4H2. The Labute approximate surface area is 80.7 Å². The Bertz CT molecular complexity index is 396. The predicted octanol–water partition coefficient (Wildman–Crippen LogP) is 1.67. The van der Waals surface area contributed by atoms with Gasteiger partial charge in [-0.2, -0.15) is 0 Å². The van der Waals surface area contributed by atoms with Crippen LogP contribution in [0, 0.1) is 0 Å². The van der Waals surface area contributed by atoms with E-state index >= 15 is 0 Å². The zero-order valence-corrected chi connectivity index (χ0v) is 7.51. The predicted molar refractivity (Wildman–Crippen MR) is 48.8 cm³/mol. The molecular formula is C10H11NO3. The van der Waals surface area contributed by atoms with Crippen molar-refractivity contribution in [1.29, 1.82) is 0 Å². The van der Waals surface area contributed by atoms with Crippen LogP contribution in [0.25, 0.3) is 0 Å². The highest BCUT2D eigenvalue weighted by atomic mass is 16.5. The lowest BCUT2D eigenvalue weighted by atomic mass is 9.73. The maximum absolute atomic E-state index is 9.61. The molecular weight excluding hydrogens is 182 g/mol. The molecule has 1 aromatic rings. The first kappa shape index (κ1) is 7.79. The molecule has 1 heterocycles. The van der Waals surface area contributed by atoms with Crippen molar-refractivity contribution in [3.63, 3.8) is 0 Å². The molecule has 4 nitrogen and oxygen atoms in total. The van der Waals surface area contributed by atoms with Crippen LogP contribution >= 0.6 is 0 Å². The van der Waals surface area contributed by atoms with Crippen LogP contribution in [0.2, 0.25) is 0 Å². The quantitative estimate of drug-likeness (QED) is 0.433. The number of rotatable bonds is 0. The topological polar surface area (TPSA) is 65.6 Å². The van der Waals surface area contributed by atoms with Gasteiger partial charge < -0.3 is 15.4 Å². The molecule has 0 amide bonds. The molecule has 2 bridgehead atoms. The minimum Gasteiger partial charge on any atom is -0.492 e. The highest BCUT2D eigenvalue weighted by Gasteiger charge is 2.37. The van der Waals surface area contributed by atoms with E-state index in [1.807, 2.05) is 12.2 Å². The van der Waals surface area contributed by atoms with Crippen molar-refractivity contribution >= 4 is 0 Å². The van der Waals surface area contributed by atoms with Gasteiger partial charge in [-0.1, -0.05) is 12.2 Å². The molecule has 0 fully saturated rings. The van der Waals surface area contributed by atoms with E-state index in [2.05, 4.69) is 0 Å². The second kappa shape index (κ2) is 2.26.